The van der Waals surface area contributed by atoms with E-state index in [1.807, 2.05) is 18.2 Å². The zero-order chi connectivity index (χ0) is 8.97. The first-order chi connectivity index (χ1) is 5.75. The molecular weight excluding hydrogens is 218 g/mol. The molecule has 1 aromatic rings. The third-order valence-corrected chi connectivity index (χ3v) is 2.41. The molecule has 0 aliphatic carbocycles. The summed E-state index contributed by atoms with van der Waals surface area (Å²) in [5, 5.41) is 0. The Labute approximate surface area is 79.9 Å². The maximum Gasteiger partial charge on any atom is 0.120 e. The summed E-state index contributed by atoms with van der Waals surface area (Å²) >= 11 is 3.38. The van der Waals surface area contributed by atoms with Gasteiger partial charge < -0.3 is 10.5 Å². The molecule has 1 rings (SSSR count). The van der Waals surface area contributed by atoms with Crippen LogP contribution in [0.3, 0.4) is 0 Å². The van der Waals surface area contributed by atoms with E-state index >= 15 is 0 Å². The summed E-state index contributed by atoms with van der Waals surface area (Å²) < 4.78 is 0.976. The number of benzene rings is 1. The van der Waals surface area contributed by atoms with Crippen LogP contribution in [0.4, 0.5) is 5.69 Å². The molecule has 0 aliphatic heterocycles. The van der Waals surface area contributed by atoms with Crippen LogP contribution in [0.2, 0.25) is 0 Å². The van der Waals surface area contributed by atoms with E-state index in [4.69, 9.17) is 5.73 Å². The highest BCUT2D eigenvalue weighted by Gasteiger charge is 2.02. The largest absolute Gasteiger partial charge is 0.398 e. The number of anilines is 1. The van der Waals surface area contributed by atoms with Gasteiger partial charge in [-0.05, 0) is 24.1 Å². The lowest BCUT2D eigenvalue weighted by Gasteiger charge is -2.05. The van der Waals surface area contributed by atoms with E-state index in [2.05, 4.69) is 15.9 Å². The lowest BCUT2D eigenvalue weighted by molar-refractivity contribution is -0.107. The minimum Gasteiger partial charge on any atom is -0.398 e. The van der Waals surface area contributed by atoms with Crippen molar-refractivity contribution >= 4 is 27.9 Å². The number of nitrogen functional groups attached to an aromatic ring is 1. The monoisotopic (exact) mass is 227 g/mol. The Bertz CT molecular complexity index is 266. The van der Waals surface area contributed by atoms with Gasteiger partial charge in [0.25, 0.3) is 0 Å². The zero-order valence-corrected chi connectivity index (χ0v) is 8.17. The first-order valence-corrected chi connectivity index (χ1v) is 4.51. The number of nitrogens with two attached hydrogens (primary N) is 1. The molecule has 0 fully saturated rings. The molecule has 0 saturated heterocycles. The molecule has 0 atom stereocenters. The number of halogens is 1. The predicted molar refractivity (Wildman–Crippen MR) is 52.9 cm³/mol. The Kier molecular flexibility index (Phi) is 3.29. The van der Waals surface area contributed by atoms with Crippen LogP contribution in [0.5, 0.6) is 0 Å². The number of carbonyl (C=O) groups is 1. The average Bonchev–Trinajstić information content (AvgIpc) is 2.04. The quantitative estimate of drug-likeness (QED) is 0.636. The van der Waals surface area contributed by atoms with Crippen LogP contribution in [0, 0.1) is 0 Å². The van der Waals surface area contributed by atoms with Crippen LogP contribution in [0.25, 0.3) is 0 Å². The van der Waals surface area contributed by atoms with Crippen molar-refractivity contribution in [1.29, 1.82) is 0 Å². The molecule has 0 saturated carbocycles. The molecule has 2 nitrogen and oxygen atoms in total. The predicted octanol–water partition coefficient (Wildman–Crippen LogP) is 2.16. The van der Waals surface area contributed by atoms with Gasteiger partial charge in [-0.2, -0.15) is 0 Å². The summed E-state index contributed by atoms with van der Waals surface area (Å²) in [6.07, 6.45) is 2.13. The number of hydrogen-bond acceptors (Lipinski definition) is 2. The van der Waals surface area contributed by atoms with Gasteiger partial charge >= 0.3 is 0 Å². The molecule has 0 aliphatic rings. The third kappa shape index (κ3) is 2.08. The number of rotatable bonds is 3. The molecule has 0 bridgehead atoms. The highest BCUT2D eigenvalue weighted by molar-refractivity contribution is 9.10. The molecule has 0 radical (unpaired) electrons. The Morgan fingerprint density at radius 1 is 1.50 bits per heavy atom. The third-order valence-electron chi connectivity index (χ3n) is 1.67. The minimum absolute atomic E-state index is 0.521. The van der Waals surface area contributed by atoms with E-state index in [9.17, 15) is 4.79 Å². The first kappa shape index (κ1) is 9.26. The number of hydrogen-bond donors (Lipinski definition) is 1. The van der Waals surface area contributed by atoms with Crippen LogP contribution in [-0.2, 0) is 11.2 Å². The average molecular weight is 228 g/mol. The van der Waals surface area contributed by atoms with Gasteiger partial charge in [-0.15, -0.1) is 0 Å². The maximum absolute atomic E-state index is 10.1. The lowest BCUT2D eigenvalue weighted by Crippen LogP contribution is -1.95. The first-order valence-electron chi connectivity index (χ1n) is 3.72. The van der Waals surface area contributed by atoms with Crippen molar-refractivity contribution in [2.75, 3.05) is 5.73 Å². The SMILES string of the molecule is Nc1cccc(Br)c1CCC=O. The summed E-state index contributed by atoms with van der Waals surface area (Å²) in [5.74, 6) is 0. The molecule has 12 heavy (non-hydrogen) atoms. The molecule has 0 amide bonds. The van der Waals surface area contributed by atoms with Crippen molar-refractivity contribution in [3.8, 4) is 0 Å². The summed E-state index contributed by atoms with van der Waals surface area (Å²) in [4.78, 5) is 10.1. The fourth-order valence-electron chi connectivity index (χ4n) is 1.04. The highest BCUT2D eigenvalue weighted by atomic mass is 79.9. The van der Waals surface area contributed by atoms with Crippen molar-refractivity contribution in [2.24, 2.45) is 0 Å². The Morgan fingerprint density at radius 2 is 2.25 bits per heavy atom. The molecule has 0 heterocycles. The van der Waals surface area contributed by atoms with Gasteiger partial charge in [-0.3, -0.25) is 0 Å². The molecule has 64 valence electrons. The van der Waals surface area contributed by atoms with Gasteiger partial charge in [0.1, 0.15) is 6.29 Å². The Balaban J connectivity index is 2.88. The summed E-state index contributed by atoms with van der Waals surface area (Å²) in [7, 11) is 0. The van der Waals surface area contributed by atoms with Crippen molar-refractivity contribution < 1.29 is 4.79 Å². The fourth-order valence-corrected chi connectivity index (χ4v) is 1.62. The van der Waals surface area contributed by atoms with Crippen LogP contribution in [0.15, 0.2) is 22.7 Å². The Morgan fingerprint density at radius 3 is 2.83 bits per heavy atom. The molecule has 0 aromatic heterocycles. The van der Waals surface area contributed by atoms with Crippen LogP contribution in [0.1, 0.15) is 12.0 Å². The van der Waals surface area contributed by atoms with E-state index < -0.39 is 0 Å². The van der Waals surface area contributed by atoms with Gasteiger partial charge in [-0.1, -0.05) is 22.0 Å². The lowest BCUT2D eigenvalue weighted by atomic mass is 10.1. The Hall–Kier alpha value is -0.830. The van der Waals surface area contributed by atoms with E-state index in [-0.39, 0.29) is 0 Å². The molecule has 1 aromatic carbocycles. The topological polar surface area (TPSA) is 43.1 Å². The van der Waals surface area contributed by atoms with Gasteiger partial charge in [0.15, 0.2) is 0 Å². The van der Waals surface area contributed by atoms with E-state index in [1.165, 1.54) is 0 Å². The van der Waals surface area contributed by atoms with Gasteiger partial charge in [0.2, 0.25) is 0 Å². The second-order valence-electron chi connectivity index (χ2n) is 2.51. The van der Waals surface area contributed by atoms with E-state index in [1.54, 1.807) is 0 Å². The van der Waals surface area contributed by atoms with Gasteiger partial charge in [0.05, 0.1) is 0 Å². The van der Waals surface area contributed by atoms with Crippen molar-refractivity contribution in [2.45, 2.75) is 12.8 Å². The summed E-state index contributed by atoms with van der Waals surface area (Å²) in [6, 6.07) is 5.64. The summed E-state index contributed by atoms with van der Waals surface area (Å²) in [5.41, 5.74) is 7.48. The molecule has 2 N–H and O–H groups in total. The minimum atomic E-state index is 0.521. The summed E-state index contributed by atoms with van der Waals surface area (Å²) in [6.45, 7) is 0. The van der Waals surface area contributed by atoms with Gasteiger partial charge in [0, 0.05) is 16.6 Å². The van der Waals surface area contributed by atoms with Crippen LogP contribution >= 0.6 is 15.9 Å². The van der Waals surface area contributed by atoms with Crippen molar-refractivity contribution in [1.82, 2.24) is 0 Å². The van der Waals surface area contributed by atoms with E-state index in [0.717, 1.165) is 22.0 Å². The number of aldehydes is 1. The van der Waals surface area contributed by atoms with E-state index in [0.29, 0.717) is 12.8 Å². The molecule has 0 unspecified atom stereocenters. The zero-order valence-electron chi connectivity index (χ0n) is 6.59. The number of carbonyl (C=O) groups excluding carboxylic acids is 1. The fraction of sp³-hybridized carbons (Fsp3) is 0.222. The van der Waals surface area contributed by atoms with Gasteiger partial charge in [-0.25, -0.2) is 0 Å². The second kappa shape index (κ2) is 4.26. The molecule has 3 heteroatoms. The smallest absolute Gasteiger partial charge is 0.120 e. The van der Waals surface area contributed by atoms with Crippen molar-refractivity contribution in [3.05, 3.63) is 28.2 Å². The van der Waals surface area contributed by atoms with Crippen LogP contribution < -0.4 is 5.73 Å². The standard InChI is InChI=1S/C9H10BrNO/c10-8-4-1-5-9(11)7(8)3-2-6-12/h1,4-6H,2-3,11H2. The van der Waals surface area contributed by atoms with Crippen LogP contribution in [-0.4, -0.2) is 6.29 Å². The highest BCUT2D eigenvalue weighted by Crippen LogP contribution is 2.23. The van der Waals surface area contributed by atoms with Crippen molar-refractivity contribution in [3.63, 3.8) is 0 Å². The normalized spacial score (nSPS) is 9.75. The maximum atomic E-state index is 10.1. The molecular formula is C9H10BrNO. The second-order valence-corrected chi connectivity index (χ2v) is 3.37. The molecule has 0 spiro atoms.